The average molecular weight is 385 g/mol. The average Bonchev–Trinajstić information content (AvgIpc) is 2.64. The number of benzene rings is 1. The van der Waals surface area contributed by atoms with Crippen molar-refractivity contribution >= 4 is 43.0 Å². The Kier molecular flexibility index (Phi) is 3.98. The van der Waals surface area contributed by atoms with Crippen LogP contribution in [-0.4, -0.2) is 13.4 Å². The Morgan fingerprint density at radius 3 is 2.50 bits per heavy atom. The normalized spacial score (nSPS) is 11.6. The molecule has 0 radical (unpaired) electrons. The molecule has 0 bridgehead atoms. The maximum Gasteiger partial charge on any atom is 0.306 e. The van der Waals surface area contributed by atoms with Gasteiger partial charge in [0.15, 0.2) is 10.0 Å². The first-order chi connectivity index (χ1) is 9.20. The van der Waals surface area contributed by atoms with Crippen LogP contribution in [0.15, 0.2) is 25.6 Å². The summed E-state index contributed by atoms with van der Waals surface area (Å²) in [5.74, 6) is -1.92. The van der Waals surface area contributed by atoms with Gasteiger partial charge in [-0.2, -0.15) is 0 Å². The highest BCUT2D eigenvalue weighted by Crippen LogP contribution is 2.30. The van der Waals surface area contributed by atoms with Gasteiger partial charge in [0, 0.05) is 16.2 Å². The number of thiazole rings is 1. The lowest BCUT2D eigenvalue weighted by Crippen LogP contribution is -2.14. The number of H-pyrrole nitrogens is 1. The largest absolute Gasteiger partial charge is 0.315 e. The predicted molar refractivity (Wildman–Crippen MR) is 74.5 cm³/mol. The standard InChI is InChI=1S/C10H7BrF2N2O3S2/c1-4-9(19-10(16)14-4)20(17,18)15-8-6(11)2-5(12)3-7(8)13/h2-3,15H,1H3,(H,14,16). The lowest BCUT2D eigenvalue weighted by atomic mass is 10.3. The molecule has 1 heterocycles. The minimum atomic E-state index is -4.14. The van der Waals surface area contributed by atoms with Gasteiger partial charge in [-0.25, -0.2) is 17.2 Å². The number of aryl methyl sites for hydroxylation is 1. The van der Waals surface area contributed by atoms with Crippen molar-refractivity contribution in [3.63, 3.8) is 0 Å². The van der Waals surface area contributed by atoms with Crippen LogP contribution in [0, 0.1) is 18.6 Å². The number of aromatic amines is 1. The van der Waals surface area contributed by atoms with Crippen LogP contribution in [0.4, 0.5) is 14.5 Å². The van der Waals surface area contributed by atoms with Gasteiger partial charge in [-0.1, -0.05) is 11.3 Å². The summed E-state index contributed by atoms with van der Waals surface area (Å²) in [7, 11) is -4.14. The van der Waals surface area contributed by atoms with Crippen molar-refractivity contribution in [3.05, 3.63) is 43.6 Å². The summed E-state index contributed by atoms with van der Waals surface area (Å²) in [5, 5.41) is 0. The Morgan fingerprint density at radius 2 is 2.00 bits per heavy atom. The first kappa shape index (κ1) is 15.1. The van der Waals surface area contributed by atoms with Gasteiger partial charge in [-0.15, -0.1) is 0 Å². The van der Waals surface area contributed by atoms with E-state index in [1.807, 2.05) is 4.72 Å². The van der Waals surface area contributed by atoms with E-state index in [4.69, 9.17) is 0 Å². The van der Waals surface area contributed by atoms with E-state index in [1.54, 1.807) is 0 Å². The molecule has 20 heavy (non-hydrogen) atoms. The molecule has 0 saturated carbocycles. The van der Waals surface area contributed by atoms with Crippen molar-refractivity contribution in [2.75, 3.05) is 4.72 Å². The van der Waals surface area contributed by atoms with E-state index in [2.05, 4.69) is 20.9 Å². The number of sulfonamides is 1. The van der Waals surface area contributed by atoms with Crippen LogP contribution >= 0.6 is 27.3 Å². The van der Waals surface area contributed by atoms with Crippen LogP contribution in [0.25, 0.3) is 0 Å². The van der Waals surface area contributed by atoms with Crippen molar-refractivity contribution in [2.24, 2.45) is 0 Å². The second-order valence-corrected chi connectivity index (χ2v) is 7.49. The molecule has 0 fully saturated rings. The molecule has 1 aromatic heterocycles. The van der Waals surface area contributed by atoms with Crippen molar-refractivity contribution in [1.82, 2.24) is 4.98 Å². The second-order valence-electron chi connectivity index (χ2n) is 3.78. The number of nitrogens with one attached hydrogen (secondary N) is 2. The topological polar surface area (TPSA) is 79.0 Å². The van der Waals surface area contributed by atoms with Gasteiger partial charge in [-0.3, -0.25) is 9.52 Å². The molecule has 2 aromatic rings. The van der Waals surface area contributed by atoms with Crippen LogP contribution in [0.5, 0.6) is 0 Å². The minimum Gasteiger partial charge on any atom is -0.315 e. The van der Waals surface area contributed by atoms with E-state index in [9.17, 15) is 22.0 Å². The number of anilines is 1. The molecule has 0 unspecified atom stereocenters. The molecule has 0 aliphatic rings. The second kappa shape index (κ2) is 5.26. The van der Waals surface area contributed by atoms with Crippen LogP contribution in [0.2, 0.25) is 0 Å². The highest BCUT2D eigenvalue weighted by Gasteiger charge is 2.23. The molecule has 0 spiro atoms. The molecule has 2 rings (SSSR count). The number of halogens is 3. The number of aromatic nitrogens is 1. The molecule has 0 aliphatic heterocycles. The van der Waals surface area contributed by atoms with Gasteiger partial charge in [0.25, 0.3) is 10.0 Å². The van der Waals surface area contributed by atoms with Gasteiger partial charge in [-0.05, 0) is 28.9 Å². The number of hydrogen-bond acceptors (Lipinski definition) is 4. The third-order valence-electron chi connectivity index (χ3n) is 2.27. The van der Waals surface area contributed by atoms with Gasteiger partial charge < -0.3 is 4.98 Å². The molecule has 0 aliphatic carbocycles. The van der Waals surface area contributed by atoms with Gasteiger partial charge in [0.2, 0.25) is 0 Å². The lowest BCUT2D eigenvalue weighted by molar-refractivity contribution is 0.581. The minimum absolute atomic E-state index is 0.0842. The van der Waals surface area contributed by atoms with Crippen molar-refractivity contribution in [3.8, 4) is 0 Å². The highest BCUT2D eigenvalue weighted by molar-refractivity contribution is 9.10. The van der Waals surface area contributed by atoms with Crippen LogP contribution in [-0.2, 0) is 10.0 Å². The zero-order valence-corrected chi connectivity index (χ0v) is 13.0. The van der Waals surface area contributed by atoms with Crippen LogP contribution in [0.1, 0.15) is 5.69 Å². The quantitative estimate of drug-likeness (QED) is 0.853. The number of hydrogen-bond donors (Lipinski definition) is 2. The summed E-state index contributed by atoms with van der Waals surface area (Å²) >= 11 is 3.36. The van der Waals surface area contributed by atoms with Gasteiger partial charge >= 0.3 is 4.87 Å². The lowest BCUT2D eigenvalue weighted by Gasteiger charge is -2.10. The van der Waals surface area contributed by atoms with Crippen molar-refractivity contribution < 1.29 is 17.2 Å². The van der Waals surface area contributed by atoms with Gasteiger partial charge in [0.1, 0.15) is 5.82 Å². The molecule has 2 N–H and O–H groups in total. The van der Waals surface area contributed by atoms with E-state index in [-0.39, 0.29) is 14.4 Å². The number of rotatable bonds is 3. The summed E-state index contributed by atoms with van der Waals surface area (Å²) < 4.78 is 52.4. The van der Waals surface area contributed by atoms with E-state index >= 15 is 0 Å². The van der Waals surface area contributed by atoms with E-state index in [0.717, 1.165) is 6.07 Å². The molecule has 5 nitrogen and oxygen atoms in total. The van der Waals surface area contributed by atoms with E-state index in [0.29, 0.717) is 17.4 Å². The van der Waals surface area contributed by atoms with E-state index in [1.165, 1.54) is 6.92 Å². The third-order valence-corrected chi connectivity index (χ3v) is 5.85. The molecule has 10 heteroatoms. The summed E-state index contributed by atoms with van der Waals surface area (Å²) in [6.45, 7) is 1.41. The Hall–Kier alpha value is -1.26. The Balaban J connectivity index is 2.49. The molecular formula is C10H7BrF2N2O3S2. The zero-order valence-electron chi connectivity index (χ0n) is 9.83. The molecule has 0 atom stereocenters. The third kappa shape index (κ3) is 2.91. The molecule has 108 valence electrons. The Bertz CT molecular complexity index is 806. The molecule has 0 saturated heterocycles. The monoisotopic (exact) mass is 384 g/mol. The van der Waals surface area contributed by atoms with Crippen molar-refractivity contribution in [2.45, 2.75) is 11.1 Å². The van der Waals surface area contributed by atoms with E-state index < -0.39 is 32.2 Å². The molecular weight excluding hydrogens is 378 g/mol. The maximum atomic E-state index is 13.6. The fourth-order valence-electron chi connectivity index (χ4n) is 1.47. The predicted octanol–water partition coefficient (Wildman–Crippen LogP) is 2.59. The first-order valence-electron chi connectivity index (χ1n) is 5.08. The SMILES string of the molecule is Cc1[nH]c(=O)sc1S(=O)(=O)Nc1c(F)cc(F)cc1Br. The Morgan fingerprint density at radius 1 is 1.35 bits per heavy atom. The van der Waals surface area contributed by atoms with Gasteiger partial charge in [0.05, 0.1) is 5.69 Å². The first-order valence-corrected chi connectivity index (χ1v) is 8.17. The van der Waals surface area contributed by atoms with Crippen LogP contribution in [0.3, 0.4) is 0 Å². The Labute approximate surface area is 124 Å². The molecule has 1 aromatic carbocycles. The van der Waals surface area contributed by atoms with Crippen molar-refractivity contribution in [1.29, 1.82) is 0 Å². The summed E-state index contributed by atoms with van der Waals surface area (Å²) in [6, 6.07) is 1.47. The fraction of sp³-hybridized carbons (Fsp3) is 0.100. The van der Waals surface area contributed by atoms with Crippen LogP contribution < -0.4 is 9.60 Å². The summed E-state index contributed by atoms with van der Waals surface area (Å²) in [6.07, 6.45) is 0. The fourth-order valence-corrected chi connectivity index (χ4v) is 4.50. The molecule has 0 amide bonds. The summed E-state index contributed by atoms with van der Waals surface area (Å²) in [5.41, 5.74) is -0.280. The maximum absolute atomic E-state index is 13.6. The zero-order chi connectivity index (χ0) is 15.1. The summed E-state index contributed by atoms with van der Waals surface area (Å²) in [4.78, 5) is 12.9. The smallest absolute Gasteiger partial charge is 0.306 e. The highest BCUT2D eigenvalue weighted by atomic mass is 79.9.